The van der Waals surface area contributed by atoms with Gasteiger partial charge in [-0.05, 0) is 37.5 Å². The van der Waals surface area contributed by atoms with Gasteiger partial charge >= 0.3 is 0 Å². The van der Waals surface area contributed by atoms with Gasteiger partial charge in [0.25, 0.3) is 5.91 Å². The highest BCUT2D eigenvalue weighted by atomic mass is 32.2. The second-order valence-corrected chi connectivity index (χ2v) is 7.02. The van der Waals surface area contributed by atoms with Crippen molar-refractivity contribution in [2.24, 2.45) is 10.1 Å². The van der Waals surface area contributed by atoms with Gasteiger partial charge in [0.05, 0.1) is 5.36 Å². The number of benzene rings is 1. The average Bonchev–Trinajstić information content (AvgIpc) is 2.97. The molecular formula is C16H18N4OS. The molecule has 4 rings (SSSR count). The molecule has 1 N–H and O–H groups in total. The Morgan fingerprint density at radius 3 is 2.86 bits per heavy atom. The number of nitrogens with one attached hydrogen (secondary N) is 1. The number of nitrogens with zero attached hydrogens (tertiary/aromatic N) is 3. The molecule has 0 bridgehead atoms. The van der Waals surface area contributed by atoms with Crippen molar-refractivity contribution in [3.63, 3.8) is 0 Å². The molecule has 6 heteroatoms. The Morgan fingerprint density at radius 1 is 1.32 bits per heavy atom. The van der Waals surface area contributed by atoms with Gasteiger partial charge in [0.1, 0.15) is 5.70 Å². The van der Waals surface area contributed by atoms with E-state index in [2.05, 4.69) is 12.2 Å². The number of thioether (sulfide) groups is 1. The van der Waals surface area contributed by atoms with Gasteiger partial charge in [0, 0.05) is 5.22 Å². The van der Waals surface area contributed by atoms with Crippen LogP contribution in [-0.2, 0) is 4.79 Å². The molecular weight excluding hydrogens is 296 g/mol. The van der Waals surface area contributed by atoms with Crippen molar-refractivity contribution in [2.45, 2.75) is 38.3 Å². The van der Waals surface area contributed by atoms with Gasteiger partial charge in [0.2, 0.25) is 0 Å². The highest BCUT2D eigenvalue weighted by Crippen LogP contribution is 2.40. The highest BCUT2D eigenvalue weighted by Gasteiger charge is 2.46. The quantitative estimate of drug-likeness (QED) is 0.846. The standard InChI is InChI=1S/C16H18N4OS/c1-2-22-15-17-14(21)13-11-7-3-4-8-12(11)18-16(20(13)19-15)9-5-6-10-16/h3-4,7-8H,2,5-6,9-10H2,1H3,(H,17,19,21). The van der Waals surface area contributed by atoms with E-state index >= 15 is 0 Å². The molecule has 2 aliphatic heterocycles. The lowest BCUT2D eigenvalue weighted by Crippen LogP contribution is -2.57. The van der Waals surface area contributed by atoms with Crippen LogP contribution in [0.2, 0.25) is 0 Å². The molecule has 5 nitrogen and oxygen atoms in total. The summed E-state index contributed by atoms with van der Waals surface area (Å²) in [6.45, 7) is 2.06. The first-order valence-corrected chi connectivity index (χ1v) is 8.74. The topological polar surface area (TPSA) is 57.1 Å². The Morgan fingerprint density at radius 2 is 2.09 bits per heavy atom. The van der Waals surface area contributed by atoms with Crippen molar-refractivity contribution >= 4 is 28.5 Å². The SMILES string of the molecule is CCSC1=NN2C(=c3ccccc3=NC23CCCC3)C(=O)N1. The number of amides is 1. The largest absolute Gasteiger partial charge is 0.298 e. The summed E-state index contributed by atoms with van der Waals surface area (Å²) in [4.78, 5) is 17.7. The third kappa shape index (κ3) is 1.97. The highest BCUT2D eigenvalue weighted by molar-refractivity contribution is 8.13. The van der Waals surface area contributed by atoms with E-state index in [1.54, 1.807) is 11.8 Å². The first-order chi connectivity index (χ1) is 10.7. The molecule has 0 aromatic heterocycles. The van der Waals surface area contributed by atoms with Gasteiger partial charge in [-0.2, -0.15) is 0 Å². The molecule has 0 saturated heterocycles. The number of amidine groups is 1. The maximum Gasteiger partial charge on any atom is 0.276 e. The molecule has 1 spiro atoms. The Labute approximate surface area is 133 Å². The zero-order valence-corrected chi connectivity index (χ0v) is 13.3. The van der Waals surface area contributed by atoms with Crippen LogP contribution in [0.4, 0.5) is 0 Å². The third-order valence-corrected chi connectivity index (χ3v) is 5.15. The maximum atomic E-state index is 12.7. The van der Waals surface area contributed by atoms with E-state index in [0.29, 0.717) is 10.9 Å². The summed E-state index contributed by atoms with van der Waals surface area (Å²) in [5.74, 6) is 0.808. The summed E-state index contributed by atoms with van der Waals surface area (Å²) in [7, 11) is 0. The van der Waals surface area contributed by atoms with Crippen LogP contribution in [0.5, 0.6) is 0 Å². The zero-order valence-electron chi connectivity index (χ0n) is 12.5. The Hall–Kier alpha value is -1.82. The van der Waals surface area contributed by atoms with E-state index in [4.69, 9.17) is 10.1 Å². The maximum absolute atomic E-state index is 12.7. The normalized spacial score (nSPS) is 21.9. The monoisotopic (exact) mass is 314 g/mol. The number of rotatable bonds is 1. The first-order valence-electron chi connectivity index (χ1n) is 7.76. The minimum Gasteiger partial charge on any atom is -0.298 e. The van der Waals surface area contributed by atoms with Crippen molar-refractivity contribution in [2.75, 3.05) is 5.75 Å². The van der Waals surface area contributed by atoms with Crippen molar-refractivity contribution in [3.8, 4) is 0 Å². The summed E-state index contributed by atoms with van der Waals surface area (Å²) in [5, 5.41) is 12.0. The molecule has 0 atom stereocenters. The smallest absolute Gasteiger partial charge is 0.276 e. The van der Waals surface area contributed by atoms with E-state index in [-0.39, 0.29) is 11.6 Å². The number of hydrogen-bond acceptors (Lipinski definition) is 5. The van der Waals surface area contributed by atoms with E-state index in [0.717, 1.165) is 42.0 Å². The van der Waals surface area contributed by atoms with Crippen LogP contribution in [-0.4, -0.2) is 27.5 Å². The van der Waals surface area contributed by atoms with E-state index in [1.807, 2.05) is 29.3 Å². The lowest BCUT2D eigenvalue weighted by Gasteiger charge is -2.41. The molecule has 1 amide bonds. The number of fused-ring (bicyclic) bond motifs is 3. The second-order valence-electron chi connectivity index (χ2n) is 5.77. The number of carbonyl (C=O) groups excluding carboxylic acids is 1. The fourth-order valence-electron chi connectivity index (χ4n) is 3.47. The van der Waals surface area contributed by atoms with E-state index in [1.165, 1.54) is 0 Å². The molecule has 2 heterocycles. The summed E-state index contributed by atoms with van der Waals surface area (Å²) in [6.07, 6.45) is 4.16. The van der Waals surface area contributed by atoms with Gasteiger partial charge in [-0.1, -0.05) is 36.9 Å². The van der Waals surface area contributed by atoms with Crippen molar-refractivity contribution in [1.82, 2.24) is 10.3 Å². The van der Waals surface area contributed by atoms with E-state index < -0.39 is 0 Å². The van der Waals surface area contributed by atoms with E-state index in [9.17, 15) is 4.79 Å². The molecule has 1 aromatic carbocycles. The van der Waals surface area contributed by atoms with Crippen LogP contribution >= 0.6 is 11.8 Å². The van der Waals surface area contributed by atoms with Crippen LogP contribution in [0, 0.1) is 0 Å². The molecule has 3 aliphatic rings. The fraction of sp³-hybridized carbons (Fsp3) is 0.438. The molecule has 1 aliphatic carbocycles. The van der Waals surface area contributed by atoms with Gasteiger partial charge in [-0.3, -0.25) is 15.1 Å². The van der Waals surface area contributed by atoms with Gasteiger partial charge in [-0.25, -0.2) is 5.01 Å². The summed E-state index contributed by atoms with van der Waals surface area (Å²) in [5.41, 5.74) is 0.272. The summed E-state index contributed by atoms with van der Waals surface area (Å²) < 4.78 is 0. The van der Waals surface area contributed by atoms with Crippen LogP contribution in [0.25, 0.3) is 5.70 Å². The minimum absolute atomic E-state index is 0.0698. The van der Waals surface area contributed by atoms with Crippen molar-refractivity contribution in [3.05, 3.63) is 34.8 Å². The Balaban J connectivity index is 1.98. The lowest BCUT2D eigenvalue weighted by atomic mass is 10.0. The van der Waals surface area contributed by atoms with Crippen LogP contribution in [0.3, 0.4) is 0 Å². The zero-order chi connectivity index (χ0) is 15.2. The number of carbonyl (C=O) groups is 1. The van der Waals surface area contributed by atoms with Crippen molar-refractivity contribution < 1.29 is 4.79 Å². The first kappa shape index (κ1) is 13.8. The number of para-hydroxylation sites is 1. The van der Waals surface area contributed by atoms with Crippen LogP contribution in [0.15, 0.2) is 34.4 Å². The minimum atomic E-state index is -0.374. The third-order valence-electron chi connectivity index (χ3n) is 4.41. The molecule has 1 aromatic rings. The number of hydrogen-bond donors (Lipinski definition) is 1. The van der Waals surface area contributed by atoms with Gasteiger partial charge < -0.3 is 0 Å². The van der Waals surface area contributed by atoms with Gasteiger partial charge in [-0.15, -0.1) is 5.10 Å². The molecule has 22 heavy (non-hydrogen) atoms. The summed E-state index contributed by atoms with van der Waals surface area (Å²) >= 11 is 1.56. The lowest BCUT2D eigenvalue weighted by molar-refractivity contribution is -0.116. The molecule has 0 radical (unpaired) electrons. The Bertz CT molecular complexity index is 780. The molecule has 1 saturated carbocycles. The molecule has 114 valence electrons. The van der Waals surface area contributed by atoms with Crippen molar-refractivity contribution in [1.29, 1.82) is 0 Å². The van der Waals surface area contributed by atoms with Crippen LogP contribution in [0.1, 0.15) is 32.6 Å². The molecule has 0 unspecified atom stereocenters. The average molecular weight is 314 g/mol. The van der Waals surface area contributed by atoms with Crippen LogP contribution < -0.4 is 15.9 Å². The summed E-state index contributed by atoms with van der Waals surface area (Å²) in [6, 6.07) is 7.87. The predicted octanol–water partition coefficient (Wildman–Crippen LogP) is 1.15. The van der Waals surface area contributed by atoms with Gasteiger partial charge in [0.15, 0.2) is 10.8 Å². The Kier molecular flexibility index (Phi) is 3.22. The fourth-order valence-corrected chi connectivity index (χ4v) is 4.04. The second kappa shape index (κ2) is 5.12. The molecule has 1 fully saturated rings. The number of hydrazone groups is 1. The predicted molar refractivity (Wildman–Crippen MR) is 87.4 cm³/mol.